The van der Waals surface area contributed by atoms with E-state index >= 15 is 4.39 Å². The second kappa shape index (κ2) is 9.79. The number of fused-ring (bicyclic) bond motifs is 1. The molecule has 0 spiro atoms. The van der Waals surface area contributed by atoms with Gasteiger partial charge in [-0.3, -0.25) is 0 Å². The minimum atomic E-state index is -0.571. The van der Waals surface area contributed by atoms with Crippen LogP contribution in [0.2, 0.25) is 0 Å². The van der Waals surface area contributed by atoms with Gasteiger partial charge in [-0.25, -0.2) is 13.2 Å². The number of benzene rings is 4. The highest BCUT2D eigenvalue weighted by Crippen LogP contribution is 2.31. The fourth-order valence-corrected chi connectivity index (χ4v) is 3.82. The highest BCUT2D eigenvalue weighted by molar-refractivity contribution is 5.88. The summed E-state index contributed by atoms with van der Waals surface area (Å²) in [6.07, 6.45) is 1.68. The van der Waals surface area contributed by atoms with Crippen LogP contribution in [-0.2, 0) is 12.8 Å². The average molecular weight is 445 g/mol. The Hall–Kier alpha value is -3.78. The molecule has 166 valence electrons. The molecular weight excluding hydrogens is 423 g/mol. The van der Waals surface area contributed by atoms with E-state index in [9.17, 15) is 8.78 Å². The molecule has 0 aromatic heterocycles. The van der Waals surface area contributed by atoms with Crippen molar-refractivity contribution in [2.24, 2.45) is 0 Å². The third-order valence-electron chi connectivity index (χ3n) is 5.60. The molecule has 0 N–H and O–H groups in total. The first-order valence-electron chi connectivity index (χ1n) is 10.8. The van der Waals surface area contributed by atoms with E-state index in [2.05, 4.69) is 0 Å². The lowest BCUT2D eigenvalue weighted by Crippen LogP contribution is -1.98. The van der Waals surface area contributed by atoms with Crippen LogP contribution in [0.15, 0.2) is 66.7 Å². The maximum Gasteiger partial charge on any atom is 0.141 e. The molecule has 33 heavy (non-hydrogen) atoms. The van der Waals surface area contributed by atoms with Gasteiger partial charge < -0.3 is 4.74 Å². The number of nitrogens with zero attached hydrogens (tertiary/aromatic N) is 1. The second-order valence-corrected chi connectivity index (χ2v) is 7.89. The summed E-state index contributed by atoms with van der Waals surface area (Å²) in [5, 5.41) is 9.96. The lowest BCUT2D eigenvalue weighted by Gasteiger charge is -2.11. The van der Waals surface area contributed by atoms with Crippen LogP contribution in [0, 0.1) is 28.8 Å². The summed E-state index contributed by atoms with van der Waals surface area (Å²) < 4.78 is 49.1. The first-order valence-corrected chi connectivity index (χ1v) is 10.8. The number of halogens is 3. The molecule has 0 heterocycles. The number of aryl methyl sites for hydroxylation is 2. The number of hydrogen-bond donors (Lipinski definition) is 0. The maximum atomic E-state index is 15.1. The standard InChI is InChI=1S/C28H22F3NO/c1-2-13-33-23-10-12-24(27(30)16-23)20-9-11-25-21(15-20)8-7-19(28(25)31)5-3-18-4-6-22(17-32)26(29)14-18/h4,6-12,14-16H,2-3,5,13H2,1H3. The van der Waals surface area contributed by atoms with Crippen molar-refractivity contribution in [3.05, 3.63) is 101 Å². The van der Waals surface area contributed by atoms with Crippen LogP contribution < -0.4 is 4.74 Å². The van der Waals surface area contributed by atoms with E-state index in [4.69, 9.17) is 10.00 Å². The number of hydrogen-bond acceptors (Lipinski definition) is 2. The molecule has 4 aromatic rings. The summed E-state index contributed by atoms with van der Waals surface area (Å²) in [5.41, 5.74) is 2.29. The van der Waals surface area contributed by atoms with E-state index in [0.29, 0.717) is 58.2 Å². The van der Waals surface area contributed by atoms with Crippen LogP contribution in [0.1, 0.15) is 30.0 Å². The van der Waals surface area contributed by atoms with Crippen molar-refractivity contribution in [3.8, 4) is 22.9 Å². The number of nitriles is 1. The third kappa shape index (κ3) is 4.85. The molecule has 0 radical (unpaired) electrons. The molecule has 0 saturated heterocycles. The van der Waals surface area contributed by atoms with E-state index in [1.54, 1.807) is 48.5 Å². The van der Waals surface area contributed by atoms with Gasteiger partial charge in [0.1, 0.15) is 29.3 Å². The molecular formula is C28H22F3NO. The lowest BCUT2D eigenvalue weighted by atomic mass is 9.96. The quantitative estimate of drug-likeness (QED) is 0.298. The predicted molar refractivity (Wildman–Crippen MR) is 124 cm³/mol. The Morgan fingerprint density at radius 1 is 0.848 bits per heavy atom. The predicted octanol–water partition coefficient (Wildman–Crippen LogP) is 7.37. The molecule has 0 amide bonds. The van der Waals surface area contributed by atoms with Crippen LogP contribution in [0.3, 0.4) is 0 Å². The van der Waals surface area contributed by atoms with E-state index in [1.165, 1.54) is 18.2 Å². The van der Waals surface area contributed by atoms with Gasteiger partial charge in [-0.2, -0.15) is 5.26 Å². The van der Waals surface area contributed by atoms with Gasteiger partial charge >= 0.3 is 0 Å². The molecule has 0 aliphatic carbocycles. The molecule has 0 aliphatic heterocycles. The normalized spacial score (nSPS) is 10.9. The zero-order chi connectivity index (χ0) is 23.4. The summed E-state index contributed by atoms with van der Waals surface area (Å²) in [4.78, 5) is 0. The van der Waals surface area contributed by atoms with Gasteiger partial charge in [0.05, 0.1) is 12.2 Å². The van der Waals surface area contributed by atoms with Crippen molar-refractivity contribution < 1.29 is 17.9 Å². The Bertz CT molecular complexity index is 1360. The first-order chi connectivity index (χ1) is 16.0. The van der Waals surface area contributed by atoms with Crippen LogP contribution in [0.25, 0.3) is 21.9 Å². The second-order valence-electron chi connectivity index (χ2n) is 7.89. The molecule has 0 unspecified atom stereocenters. The number of rotatable bonds is 7. The van der Waals surface area contributed by atoms with Gasteiger partial charge in [-0.15, -0.1) is 0 Å². The summed E-state index contributed by atoms with van der Waals surface area (Å²) in [6, 6.07) is 19.6. The molecule has 2 nitrogen and oxygen atoms in total. The van der Waals surface area contributed by atoms with Crippen molar-refractivity contribution in [2.45, 2.75) is 26.2 Å². The van der Waals surface area contributed by atoms with Crippen LogP contribution >= 0.6 is 0 Å². The smallest absolute Gasteiger partial charge is 0.141 e. The average Bonchev–Trinajstić information content (AvgIpc) is 2.82. The maximum absolute atomic E-state index is 15.1. The minimum absolute atomic E-state index is 0.00833. The zero-order valence-electron chi connectivity index (χ0n) is 18.2. The molecule has 0 fully saturated rings. The van der Waals surface area contributed by atoms with Gasteiger partial charge in [0, 0.05) is 17.0 Å². The molecule has 0 saturated carbocycles. The summed E-state index contributed by atoms with van der Waals surface area (Å²) in [5.74, 6) is -0.818. The van der Waals surface area contributed by atoms with Crippen molar-refractivity contribution in [1.82, 2.24) is 0 Å². The van der Waals surface area contributed by atoms with Crippen LogP contribution in [0.5, 0.6) is 5.75 Å². The highest BCUT2D eigenvalue weighted by atomic mass is 19.1. The lowest BCUT2D eigenvalue weighted by molar-refractivity contribution is 0.316. The first kappa shape index (κ1) is 22.4. The van der Waals surface area contributed by atoms with Gasteiger partial charge in [0.2, 0.25) is 0 Å². The molecule has 0 bridgehead atoms. The Labute approximate surface area is 190 Å². The van der Waals surface area contributed by atoms with Crippen LogP contribution in [-0.4, -0.2) is 6.61 Å². The topological polar surface area (TPSA) is 33.0 Å². The highest BCUT2D eigenvalue weighted by Gasteiger charge is 2.12. The molecule has 5 heteroatoms. The fourth-order valence-electron chi connectivity index (χ4n) is 3.82. The Morgan fingerprint density at radius 2 is 1.70 bits per heavy atom. The van der Waals surface area contributed by atoms with E-state index in [-0.39, 0.29) is 11.4 Å². The van der Waals surface area contributed by atoms with E-state index in [1.807, 2.05) is 13.0 Å². The Kier molecular flexibility index (Phi) is 6.65. The zero-order valence-corrected chi connectivity index (χ0v) is 18.2. The van der Waals surface area contributed by atoms with E-state index < -0.39 is 11.6 Å². The molecule has 0 atom stereocenters. The SMILES string of the molecule is CCCOc1ccc(-c2ccc3c(F)c(CCc4ccc(C#N)c(F)c4)ccc3c2)c(F)c1. The van der Waals surface area contributed by atoms with Gasteiger partial charge in [-0.05, 0) is 71.7 Å². The van der Waals surface area contributed by atoms with Crippen molar-refractivity contribution in [3.63, 3.8) is 0 Å². The Balaban J connectivity index is 1.56. The monoisotopic (exact) mass is 445 g/mol. The van der Waals surface area contributed by atoms with Gasteiger partial charge in [0.15, 0.2) is 0 Å². The summed E-state index contributed by atoms with van der Waals surface area (Å²) >= 11 is 0. The fraction of sp³-hybridized carbons (Fsp3) is 0.179. The van der Waals surface area contributed by atoms with E-state index in [0.717, 1.165) is 6.42 Å². The Morgan fingerprint density at radius 3 is 2.42 bits per heavy atom. The number of ether oxygens (including phenoxy) is 1. The van der Waals surface area contributed by atoms with Crippen molar-refractivity contribution >= 4 is 10.8 Å². The molecule has 0 aliphatic rings. The minimum Gasteiger partial charge on any atom is -0.494 e. The van der Waals surface area contributed by atoms with Crippen LogP contribution in [0.4, 0.5) is 13.2 Å². The summed E-state index contributed by atoms with van der Waals surface area (Å²) in [6.45, 7) is 2.51. The summed E-state index contributed by atoms with van der Waals surface area (Å²) in [7, 11) is 0. The van der Waals surface area contributed by atoms with Crippen molar-refractivity contribution in [2.75, 3.05) is 6.61 Å². The van der Waals surface area contributed by atoms with Crippen molar-refractivity contribution in [1.29, 1.82) is 5.26 Å². The van der Waals surface area contributed by atoms with Gasteiger partial charge in [-0.1, -0.05) is 37.3 Å². The molecule has 4 rings (SSSR count). The van der Waals surface area contributed by atoms with Gasteiger partial charge in [0.25, 0.3) is 0 Å². The largest absolute Gasteiger partial charge is 0.494 e. The third-order valence-corrected chi connectivity index (χ3v) is 5.60. The molecule has 4 aromatic carbocycles.